The van der Waals surface area contributed by atoms with Gasteiger partial charge in [0.2, 0.25) is 0 Å². The molecular formula is C13H20Cl2N4S. The van der Waals surface area contributed by atoms with Crippen LogP contribution in [0.25, 0.3) is 0 Å². The summed E-state index contributed by atoms with van der Waals surface area (Å²) in [6.07, 6.45) is 2.97. The first kappa shape index (κ1) is 15.9. The Kier molecular flexibility index (Phi) is 5.18. The smallest absolute Gasteiger partial charge is 0.136 e. The fourth-order valence-corrected chi connectivity index (χ4v) is 3.51. The summed E-state index contributed by atoms with van der Waals surface area (Å²) in [6, 6.07) is 0. The topological polar surface area (TPSA) is 39.7 Å². The normalized spacial score (nSPS) is 24.7. The van der Waals surface area contributed by atoms with Gasteiger partial charge in [-0.15, -0.1) is 36.2 Å². The fraction of sp³-hybridized carbons (Fsp3) is 0.615. The number of rotatable bonds is 1. The molecule has 20 heavy (non-hydrogen) atoms. The van der Waals surface area contributed by atoms with Gasteiger partial charge in [0.15, 0.2) is 0 Å². The van der Waals surface area contributed by atoms with Crippen molar-refractivity contribution < 1.29 is 0 Å². The number of amidine groups is 1. The van der Waals surface area contributed by atoms with Gasteiger partial charge in [0.05, 0.1) is 11.3 Å². The number of halogens is 2. The maximum Gasteiger partial charge on any atom is 0.136 e. The number of anilines is 1. The van der Waals surface area contributed by atoms with Crippen LogP contribution in [0.5, 0.6) is 0 Å². The molecule has 0 radical (unpaired) electrons. The van der Waals surface area contributed by atoms with Crippen molar-refractivity contribution in [2.45, 2.75) is 19.0 Å². The van der Waals surface area contributed by atoms with Crippen molar-refractivity contribution >= 4 is 47.7 Å². The highest BCUT2D eigenvalue weighted by Crippen LogP contribution is 2.38. The molecule has 3 heterocycles. The summed E-state index contributed by atoms with van der Waals surface area (Å²) in [5, 5.41) is 11.4. The molecule has 1 atom stereocenters. The molecule has 1 aromatic heterocycles. The zero-order valence-electron chi connectivity index (χ0n) is 11.2. The van der Waals surface area contributed by atoms with E-state index < -0.39 is 0 Å². The number of fused-ring (bicyclic) bond motifs is 1. The summed E-state index contributed by atoms with van der Waals surface area (Å²) in [5.74, 6) is 1.99. The summed E-state index contributed by atoms with van der Waals surface area (Å²) >= 11 is 1.77. The average Bonchev–Trinajstić information content (AvgIpc) is 3.17. The van der Waals surface area contributed by atoms with E-state index in [1.807, 2.05) is 0 Å². The van der Waals surface area contributed by atoms with Gasteiger partial charge in [-0.1, -0.05) is 0 Å². The van der Waals surface area contributed by atoms with E-state index in [2.05, 4.69) is 26.3 Å². The first-order valence-corrected chi connectivity index (χ1v) is 7.73. The van der Waals surface area contributed by atoms with Crippen molar-refractivity contribution in [1.29, 1.82) is 0 Å². The molecule has 1 unspecified atom stereocenters. The minimum absolute atomic E-state index is 0. The Balaban J connectivity index is 0.000000735. The molecule has 2 aliphatic heterocycles. The minimum Gasteiger partial charge on any atom is -0.362 e. The summed E-state index contributed by atoms with van der Waals surface area (Å²) in [6.45, 7) is 4.29. The second-order valence-corrected chi connectivity index (χ2v) is 6.06. The van der Waals surface area contributed by atoms with Gasteiger partial charge in [-0.05, 0) is 18.8 Å². The average molecular weight is 335 g/mol. The van der Waals surface area contributed by atoms with Crippen LogP contribution in [-0.2, 0) is 0 Å². The van der Waals surface area contributed by atoms with Crippen LogP contribution in [0.15, 0.2) is 15.8 Å². The first-order valence-electron chi connectivity index (χ1n) is 6.78. The molecule has 0 aromatic carbocycles. The highest BCUT2D eigenvalue weighted by molar-refractivity contribution is 7.08. The quantitative estimate of drug-likeness (QED) is 0.828. The molecule has 2 N–H and O–H groups in total. The lowest BCUT2D eigenvalue weighted by molar-refractivity contribution is 0.354. The lowest BCUT2D eigenvalue weighted by Crippen LogP contribution is -2.48. The molecule has 4 rings (SSSR count). The van der Waals surface area contributed by atoms with Crippen molar-refractivity contribution in [3.63, 3.8) is 0 Å². The van der Waals surface area contributed by atoms with Crippen molar-refractivity contribution in [2.24, 2.45) is 10.9 Å². The van der Waals surface area contributed by atoms with Gasteiger partial charge >= 0.3 is 0 Å². The van der Waals surface area contributed by atoms with Gasteiger partial charge in [0, 0.05) is 36.9 Å². The van der Waals surface area contributed by atoms with Crippen LogP contribution in [0, 0.1) is 5.92 Å². The Bertz CT molecular complexity index is 480. The highest BCUT2D eigenvalue weighted by Gasteiger charge is 2.35. The Labute approximate surface area is 135 Å². The SMILES string of the molecule is Cl.Cl.c1scc2c1NC(C1CC1)N=C2N1CCNCC1. The summed E-state index contributed by atoms with van der Waals surface area (Å²) < 4.78 is 0. The largest absolute Gasteiger partial charge is 0.362 e. The fourth-order valence-electron chi connectivity index (χ4n) is 2.74. The van der Waals surface area contributed by atoms with Crippen molar-refractivity contribution in [1.82, 2.24) is 10.2 Å². The Morgan fingerprint density at radius 3 is 2.60 bits per heavy atom. The number of hydrogen-bond donors (Lipinski definition) is 2. The molecule has 0 bridgehead atoms. The molecule has 3 aliphatic rings. The van der Waals surface area contributed by atoms with Crippen LogP contribution in [0.1, 0.15) is 18.4 Å². The minimum atomic E-state index is 0. The van der Waals surface area contributed by atoms with Gasteiger partial charge < -0.3 is 15.5 Å². The Morgan fingerprint density at radius 1 is 1.15 bits per heavy atom. The number of aliphatic imine (C=N–C) groups is 1. The molecule has 1 aliphatic carbocycles. The highest BCUT2D eigenvalue weighted by atomic mass is 35.5. The number of hydrogen-bond acceptors (Lipinski definition) is 5. The number of nitrogens with zero attached hydrogens (tertiary/aromatic N) is 2. The second kappa shape index (κ2) is 6.52. The van der Waals surface area contributed by atoms with Crippen molar-refractivity contribution in [3.05, 3.63) is 16.3 Å². The summed E-state index contributed by atoms with van der Waals surface area (Å²) in [5.41, 5.74) is 2.60. The van der Waals surface area contributed by atoms with E-state index in [1.165, 1.54) is 29.9 Å². The van der Waals surface area contributed by atoms with E-state index in [9.17, 15) is 0 Å². The Hall–Kier alpha value is -0.490. The van der Waals surface area contributed by atoms with Crippen LogP contribution in [0.2, 0.25) is 0 Å². The van der Waals surface area contributed by atoms with Crippen molar-refractivity contribution in [3.8, 4) is 0 Å². The molecule has 1 saturated carbocycles. The van der Waals surface area contributed by atoms with Crippen LogP contribution in [0.3, 0.4) is 0 Å². The van der Waals surface area contributed by atoms with E-state index in [-0.39, 0.29) is 24.8 Å². The van der Waals surface area contributed by atoms with E-state index in [1.54, 1.807) is 11.3 Å². The van der Waals surface area contributed by atoms with Gasteiger partial charge in [-0.2, -0.15) is 0 Å². The molecule has 4 nitrogen and oxygen atoms in total. The van der Waals surface area contributed by atoms with Gasteiger partial charge in [-0.25, -0.2) is 4.99 Å². The number of nitrogens with one attached hydrogen (secondary N) is 2. The summed E-state index contributed by atoms with van der Waals surface area (Å²) in [7, 11) is 0. The molecule has 2 fully saturated rings. The van der Waals surface area contributed by atoms with Crippen molar-refractivity contribution in [2.75, 3.05) is 31.5 Å². The molecule has 1 saturated heterocycles. The zero-order chi connectivity index (χ0) is 11.9. The maximum atomic E-state index is 4.99. The van der Waals surface area contributed by atoms with Crippen LogP contribution in [-0.4, -0.2) is 43.1 Å². The third-order valence-electron chi connectivity index (χ3n) is 3.95. The van der Waals surface area contributed by atoms with Crippen LogP contribution in [0.4, 0.5) is 5.69 Å². The number of thiophene rings is 1. The van der Waals surface area contributed by atoms with E-state index >= 15 is 0 Å². The maximum absolute atomic E-state index is 4.99. The second-order valence-electron chi connectivity index (χ2n) is 5.32. The predicted octanol–water partition coefficient (Wildman–Crippen LogP) is 2.41. The van der Waals surface area contributed by atoms with Gasteiger partial charge in [-0.3, -0.25) is 0 Å². The van der Waals surface area contributed by atoms with E-state index in [0.29, 0.717) is 6.17 Å². The first-order chi connectivity index (χ1) is 8.92. The monoisotopic (exact) mass is 334 g/mol. The van der Waals surface area contributed by atoms with Gasteiger partial charge in [0.1, 0.15) is 12.0 Å². The third kappa shape index (κ3) is 2.91. The molecule has 0 amide bonds. The Morgan fingerprint density at radius 2 is 1.90 bits per heavy atom. The molecule has 0 spiro atoms. The molecular weight excluding hydrogens is 315 g/mol. The van der Waals surface area contributed by atoms with Gasteiger partial charge in [0.25, 0.3) is 0 Å². The van der Waals surface area contributed by atoms with E-state index in [4.69, 9.17) is 4.99 Å². The third-order valence-corrected chi connectivity index (χ3v) is 4.70. The lowest BCUT2D eigenvalue weighted by atomic mass is 10.1. The predicted molar refractivity (Wildman–Crippen MR) is 89.9 cm³/mol. The van der Waals surface area contributed by atoms with E-state index in [0.717, 1.165) is 32.1 Å². The molecule has 112 valence electrons. The lowest BCUT2D eigenvalue weighted by Gasteiger charge is -2.34. The summed E-state index contributed by atoms with van der Waals surface area (Å²) in [4.78, 5) is 7.43. The number of piperazine rings is 1. The molecule has 1 aromatic rings. The van der Waals surface area contributed by atoms with Crippen LogP contribution < -0.4 is 10.6 Å². The molecule has 7 heteroatoms. The standard InChI is InChI=1S/C13H18N4S.2ClH/c1-2-9(1)12-15-11-8-18-7-10(11)13(16-12)17-5-3-14-4-6-17;;/h7-9,12,14-15H,1-6H2;2*1H. The van der Waals surface area contributed by atoms with Crippen LogP contribution >= 0.6 is 36.2 Å². The zero-order valence-corrected chi connectivity index (χ0v) is 13.6.